The Morgan fingerprint density at radius 2 is 2.00 bits per heavy atom. The van der Waals surface area contributed by atoms with E-state index in [0.717, 1.165) is 17.5 Å². The molecule has 124 valence electrons. The topological polar surface area (TPSA) is 49.3 Å². The van der Waals surface area contributed by atoms with Crippen LogP contribution in [0.3, 0.4) is 0 Å². The molecule has 3 nitrogen and oxygen atoms in total. The van der Waals surface area contributed by atoms with Crippen LogP contribution in [0, 0.1) is 23.7 Å². The van der Waals surface area contributed by atoms with Crippen LogP contribution >= 0.6 is 0 Å². The minimum absolute atomic E-state index is 0.443. The molecule has 0 aromatic heterocycles. The van der Waals surface area contributed by atoms with E-state index in [2.05, 4.69) is 25.2 Å². The molecule has 2 N–H and O–H groups in total. The van der Waals surface area contributed by atoms with Crippen molar-refractivity contribution in [1.29, 1.82) is 0 Å². The molecule has 5 atom stereocenters. The number of rotatable bonds is 4. The minimum Gasteiger partial charge on any atom is -0.478 e. The molecule has 1 heterocycles. The monoisotopic (exact) mass is 313 g/mol. The maximum absolute atomic E-state index is 11.7. The highest BCUT2D eigenvalue weighted by Gasteiger charge is 2.54. The van der Waals surface area contributed by atoms with Gasteiger partial charge in [-0.05, 0) is 60.5 Å². The maximum atomic E-state index is 11.7. The third kappa shape index (κ3) is 2.12. The van der Waals surface area contributed by atoms with Crippen LogP contribution in [0.4, 0.5) is 5.69 Å². The molecule has 0 spiro atoms. The Bertz CT molecular complexity index is 622. The minimum atomic E-state index is -0.806. The van der Waals surface area contributed by atoms with Crippen molar-refractivity contribution in [2.45, 2.75) is 57.9 Å². The lowest BCUT2D eigenvalue weighted by Crippen LogP contribution is -2.45. The smallest absolute Gasteiger partial charge is 0.337 e. The third-order valence-electron chi connectivity index (χ3n) is 6.95. The van der Waals surface area contributed by atoms with Crippen LogP contribution in [0.1, 0.15) is 67.8 Å². The zero-order valence-corrected chi connectivity index (χ0v) is 14.1. The van der Waals surface area contributed by atoms with E-state index in [4.69, 9.17) is 0 Å². The van der Waals surface area contributed by atoms with E-state index in [0.29, 0.717) is 29.4 Å². The van der Waals surface area contributed by atoms with E-state index in [1.165, 1.54) is 37.7 Å². The van der Waals surface area contributed by atoms with E-state index in [1.807, 2.05) is 6.07 Å². The van der Waals surface area contributed by atoms with Crippen molar-refractivity contribution in [3.63, 3.8) is 0 Å². The normalized spacial score (nSPS) is 34.1. The highest BCUT2D eigenvalue weighted by molar-refractivity contribution is 5.95. The van der Waals surface area contributed by atoms with Gasteiger partial charge in [-0.3, -0.25) is 0 Å². The summed E-state index contributed by atoms with van der Waals surface area (Å²) in [6.07, 6.45) is 6.39. The highest BCUT2D eigenvalue weighted by atomic mass is 16.4. The number of hydrogen-bond acceptors (Lipinski definition) is 2. The van der Waals surface area contributed by atoms with Crippen molar-refractivity contribution in [1.82, 2.24) is 0 Å². The molecule has 1 aliphatic heterocycles. The summed E-state index contributed by atoms with van der Waals surface area (Å²) in [5, 5.41) is 13.3. The lowest BCUT2D eigenvalue weighted by molar-refractivity contribution is 0.0697. The van der Waals surface area contributed by atoms with Crippen molar-refractivity contribution < 1.29 is 9.90 Å². The Labute approximate surface area is 138 Å². The number of anilines is 1. The largest absolute Gasteiger partial charge is 0.478 e. The molecule has 23 heavy (non-hydrogen) atoms. The Kier molecular flexibility index (Phi) is 3.62. The molecule has 4 rings (SSSR count). The fourth-order valence-electron chi connectivity index (χ4n) is 5.99. The van der Waals surface area contributed by atoms with Gasteiger partial charge in [0.25, 0.3) is 0 Å². The van der Waals surface area contributed by atoms with Crippen LogP contribution in [-0.4, -0.2) is 17.1 Å². The van der Waals surface area contributed by atoms with E-state index >= 15 is 0 Å². The number of para-hydroxylation sites is 1. The predicted molar refractivity (Wildman–Crippen MR) is 91.9 cm³/mol. The van der Waals surface area contributed by atoms with Crippen molar-refractivity contribution in [3.8, 4) is 0 Å². The standard InChI is InChI=1S/C20H27NO2/c1-3-11(4-2)18-17-13-9-8-12(10-13)16(17)14-6-5-7-15(20(22)23)19(14)21-18/h5-7,11-13,16-18,21H,3-4,8-10H2,1-2H3,(H,22,23)/t12-,13-,16+,17-,18+/m0/s1. The summed E-state index contributed by atoms with van der Waals surface area (Å²) in [6.45, 7) is 4.55. The second-order valence-corrected chi connectivity index (χ2v) is 7.76. The summed E-state index contributed by atoms with van der Waals surface area (Å²) in [5.41, 5.74) is 2.66. The Balaban J connectivity index is 1.83. The summed E-state index contributed by atoms with van der Waals surface area (Å²) < 4.78 is 0. The number of aromatic carboxylic acids is 1. The van der Waals surface area contributed by atoms with E-state index in [1.54, 1.807) is 6.07 Å². The Morgan fingerprint density at radius 3 is 2.70 bits per heavy atom. The number of benzene rings is 1. The first-order valence-corrected chi connectivity index (χ1v) is 9.28. The molecular weight excluding hydrogens is 286 g/mol. The first-order chi connectivity index (χ1) is 11.2. The predicted octanol–water partition coefficient (Wildman–Crippen LogP) is 4.74. The molecular formula is C20H27NO2. The van der Waals surface area contributed by atoms with Gasteiger partial charge >= 0.3 is 5.97 Å². The molecule has 3 aliphatic rings. The van der Waals surface area contributed by atoms with E-state index in [9.17, 15) is 9.90 Å². The number of carbonyl (C=O) groups is 1. The summed E-state index contributed by atoms with van der Waals surface area (Å²) in [6, 6.07) is 6.31. The number of hydrogen-bond donors (Lipinski definition) is 2. The molecule has 0 unspecified atom stereocenters. The van der Waals surface area contributed by atoms with Gasteiger partial charge < -0.3 is 10.4 Å². The quantitative estimate of drug-likeness (QED) is 0.843. The van der Waals surface area contributed by atoms with Gasteiger partial charge in [0.1, 0.15) is 0 Å². The third-order valence-corrected chi connectivity index (χ3v) is 6.95. The van der Waals surface area contributed by atoms with Crippen LogP contribution in [0.5, 0.6) is 0 Å². The molecule has 0 saturated heterocycles. The van der Waals surface area contributed by atoms with Crippen LogP contribution in [0.15, 0.2) is 18.2 Å². The van der Waals surface area contributed by atoms with Gasteiger partial charge in [-0.1, -0.05) is 38.8 Å². The average Bonchev–Trinajstić information content (AvgIpc) is 3.17. The molecule has 1 aromatic carbocycles. The summed E-state index contributed by atoms with van der Waals surface area (Å²) >= 11 is 0. The highest BCUT2D eigenvalue weighted by Crippen LogP contribution is 2.62. The summed E-state index contributed by atoms with van der Waals surface area (Å²) in [4.78, 5) is 11.7. The lowest BCUT2D eigenvalue weighted by Gasteiger charge is -2.46. The lowest BCUT2D eigenvalue weighted by atomic mass is 9.65. The second kappa shape index (κ2) is 5.54. The fraction of sp³-hybridized carbons (Fsp3) is 0.650. The van der Waals surface area contributed by atoms with Crippen LogP contribution < -0.4 is 5.32 Å². The summed E-state index contributed by atoms with van der Waals surface area (Å²) in [5.74, 6) is 2.72. The molecule has 2 bridgehead atoms. The number of carboxylic acids is 1. The van der Waals surface area contributed by atoms with Gasteiger partial charge in [-0.15, -0.1) is 0 Å². The number of fused-ring (bicyclic) bond motifs is 7. The fourth-order valence-corrected chi connectivity index (χ4v) is 5.99. The van der Waals surface area contributed by atoms with Crippen LogP contribution in [0.2, 0.25) is 0 Å². The van der Waals surface area contributed by atoms with Gasteiger partial charge in [0, 0.05) is 6.04 Å². The van der Waals surface area contributed by atoms with Crippen molar-refractivity contribution in [2.75, 3.05) is 5.32 Å². The van der Waals surface area contributed by atoms with Crippen molar-refractivity contribution in [3.05, 3.63) is 29.3 Å². The number of nitrogens with one attached hydrogen (secondary N) is 1. The first-order valence-electron chi connectivity index (χ1n) is 9.28. The van der Waals surface area contributed by atoms with Gasteiger partial charge in [0.2, 0.25) is 0 Å². The zero-order chi connectivity index (χ0) is 16.1. The zero-order valence-electron chi connectivity index (χ0n) is 14.1. The van der Waals surface area contributed by atoms with Gasteiger partial charge in [-0.2, -0.15) is 0 Å². The van der Waals surface area contributed by atoms with Gasteiger partial charge in [0.15, 0.2) is 0 Å². The SMILES string of the molecule is CCC(CC)[C@H]1Nc2c(C(=O)O)cccc2[C@H]2[C@H]3CC[C@@H](C3)[C@@H]21. The van der Waals surface area contributed by atoms with E-state index in [-0.39, 0.29) is 0 Å². The Hall–Kier alpha value is -1.51. The molecule has 0 amide bonds. The maximum Gasteiger partial charge on any atom is 0.337 e. The molecule has 2 saturated carbocycles. The van der Waals surface area contributed by atoms with Gasteiger partial charge in [-0.25, -0.2) is 4.79 Å². The molecule has 1 aromatic rings. The van der Waals surface area contributed by atoms with E-state index < -0.39 is 5.97 Å². The first kappa shape index (κ1) is 15.0. The van der Waals surface area contributed by atoms with Crippen LogP contribution in [0.25, 0.3) is 0 Å². The van der Waals surface area contributed by atoms with Crippen LogP contribution in [-0.2, 0) is 0 Å². The van der Waals surface area contributed by atoms with Crippen molar-refractivity contribution in [2.24, 2.45) is 23.7 Å². The van der Waals surface area contributed by atoms with Crippen molar-refractivity contribution >= 4 is 11.7 Å². The average molecular weight is 313 g/mol. The second-order valence-electron chi connectivity index (χ2n) is 7.76. The van der Waals surface area contributed by atoms with Gasteiger partial charge in [0.05, 0.1) is 11.3 Å². The summed E-state index contributed by atoms with van der Waals surface area (Å²) in [7, 11) is 0. The molecule has 2 fully saturated rings. The molecule has 2 aliphatic carbocycles. The molecule has 0 radical (unpaired) electrons. The number of carboxylic acid groups (broad SMARTS) is 1. The Morgan fingerprint density at radius 1 is 1.26 bits per heavy atom. The molecule has 3 heteroatoms.